The Morgan fingerprint density at radius 2 is 1.56 bits per heavy atom. The van der Waals surface area contributed by atoms with Gasteiger partial charge in [0, 0.05) is 18.8 Å². The van der Waals surface area contributed by atoms with Crippen LogP contribution in [0.5, 0.6) is 5.75 Å². The van der Waals surface area contributed by atoms with Crippen LogP contribution in [0.15, 0.2) is 47.4 Å². The Morgan fingerprint density at radius 3 is 2.11 bits per heavy atom. The second kappa shape index (κ2) is 10.9. The van der Waals surface area contributed by atoms with Crippen molar-refractivity contribution >= 4 is 21.6 Å². The second-order valence-corrected chi connectivity index (χ2v) is 13.9. The van der Waals surface area contributed by atoms with Gasteiger partial charge in [-0.25, -0.2) is 8.42 Å². The highest BCUT2D eigenvalue weighted by Crippen LogP contribution is 2.35. The molecule has 2 aromatic carbocycles. The van der Waals surface area contributed by atoms with Crippen LogP contribution in [0.3, 0.4) is 0 Å². The number of carbonyl (C=O) groups is 1. The summed E-state index contributed by atoms with van der Waals surface area (Å²) in [4.78, 5) is 12.8. The summed E-state index contributed by atoms with van der Waals surface area (Å²) >= 11 is 0. The van der Waals surface area contributed by atoms with E-state index in [1.54, 1.807) is 31.3 Å². The molecule has 1 N–H and O–H groups in total. The van der Waals surface area contributed by atoms with Gasteiger partial charge in [0.2, 0.25) is 10.0 Å². The Kier molecular flexibility index (Phi) is 8.56. The van der Waals surface area contributed by atoms with Gasteiger partial charge in [0.1, 0.15) is 5.75 Å². The lowest BCUT2D eigenvalue weighted by Crippen LogP contribution is -2.38. The number of rotatable bonds is 7. The topological polar surface area (TPSA) is 75.7 Å². The number of hydrogen-bond donors (Lipinski definition) is 1. The lowest BCUT2D eigenvalue weighted by atomic mass is 9.80. The average Bonchev–Trinajstić information content (AvgIpc) is 2.82. The lowest BCUT2D eigenvalue weighted by Gasteiger charge is -2.30. The van der Waals surface area contributed by atoms with Crippen molar-refractivity contribution in [2.24, 2.45) is 0 Å². The largest absolute Gasteiger partial charge is 0.483 e. The molecule has 0 unspecified atom stereocenters. The van der Waals surface area contributed by atoms with Gasteiger partial charge in [0.15, 0.2) is 6.61 Å². The van der Waals surface area contributed by atoms with Gasteiger partial charge >= 0.3 is 0 Å². The minimum absolute atomic E-state index is 0.0146. The quantitative estimate of drug-likeness (QED) is 0.474. The molecule has 1 amide bonds. The Hall–Kier alpha value is -2.38. The van der Waals surface area contributed by atoms with Gasteiger partial charge in [-0.3, -0.25) is 4.79 Å². The van der Waals surface area contributed by atoms with E-state index < -0.39 is 10.0 Å². The predicted octanol–water partition coefficient (Wildman–Crippen LogP) is 6.25. The van der Waals surface area contributed by atoms with Gasteiger partial charge in [-0.05, 0) is 65.1 Å². The molecule has 1 fully saturated rings. The van der Waals surface area contributed by atoms with Gasteiger partial charge < -0.3 is 10.1 Å². The van der Waals surface area contributed by atoms with Crippen molar-refractivity contribution in [1.82, 2.24) is 4.31 Å². The van der Waals surface area contributed by atoms with Crippen LogP contribution >= 0.6 is 0 Å². The summed E-state index contributed by atoms with van der Waals surface area (Å²) < 4.78 is 33.5. The summed E-state index contributed by atoms with van der Waals surface area (Å²) in [6.07, 6.45) is 5.10. The second-order valence-electron chi connectivity index (χ2n) is 11.9. The molecule has 0 saturated heterocycles. The molecule has 1 aliphatic carbocycles. The smallest absolute Gasteiger partial charge is 0.262 e. The first-order valence-electron chi connectivity index (χ1n) is 12.9. The van der Waals surface area contributed by atoms with Crippen LogP contribution in [0.1, 0.15) is 84.8 Å². The zero-order chi connectivity index (χ0) is 26.7. The van der Waals surface area contributed by atoms with E-state index in [1.807, 2.05) is 12.1 Å². The molecule has 0 atom stereocenters. The first kappa shape index (κ1) is 28.2. The molecule has 6 nitrogen and oxygen atoms in total. The molecule has 0 spiro atoms. The van der Waals surface area contributed by atoms with Gasteiger partial charge in [-0.2, -0.15) is 4.31 Å². The highest BCUT2D eigenvalue weighted by atomic mass is 32.2. The van der Waals surface area contributed by atoms with Crippen molar-refractivity contribution in [3.63, 3.8) is 0 Å². The number of hydrogen-bond acceptors (Lipinski definition) is 4. The van der Waals surface area contributed by atoms with Crippen LogP contribution in [-0.2, 0) is 25.6 Å². The Balaban J connectivity index is 1.65. The molecule has 7 heteroatoms. The maximum atomic E-state index is 13.0. The van der Waals surface area contributed by atoms with Gasteiger partial charge in [-0.1, -0.05) is 72.9 Å². The highest BCUT2D eigenvalue weighted by Gasteiger charge is 2.29. The highest BCUT2D eigenvalue weighted by molar-refractivity contribution is 7.89. The molecule has 2 aromatic rings. The van der Waals surface area contributed by atoms with E-state index in [0.29, 0.717) is 11.4 Å². The van der Waals surface area contributed by atoms with Gasteiger partial charge in [0.05, 0.1) is 4.90 Å². The van der Waals surface area contributed by atoms with Crippen molar-refractivity contribution in [1.29, 1.82) is 0 Å². The molecule has 1 aliphatic rings. The Labute approximate surface area is 217 Å². The van der Waals surface area contributed by atoms with Gasteiger partial charge in [0.25, 0.3) is 5.91 Å². The fourth-order valence-electron chi connectivity index (χ4n) is 4.57. The number of anilines is 1. The lowest BCUT2D eigenvalue weighted by molar-refractivity contribution is -0.118. The van der Waals surface area contributed by atoms with E-state index in [9.17, 15) is 13.2 Å². The molecule has 3 rings (SSSR count). The minimum Gasteiger partial charge on any atom is -0.483 e. The van der Waals surface area contributed by atoms with Crippen LogP contribution < -0.4 is 10.1 Å². The van der Waals surface area contributed by atoms with E-state index in [-0.39, 0.29) is 34.3 Å². The average molecular weight is 515 g/mol. The van der Waals surface area contributed by atoms with Crippen molar-refractivity contribution in [2.45, 2.75) is 95.4 Å². The van der Waals surface area contributed by atoms with Crippen molar-refractivity contribution in [2.75, 3.05) is 19.0 Å². The van der Waals surface area contributed by atoms with E-state index in [2.05, 4.69) is 52.9 Å². The Morgan fingerprint density at radius 1 is 0.944 bits per heavy atom. The number of nitrogens with zero attached hydrogens (tertiary/aromatic N) is 1. The summed E-state index contributed by atoms with van der Waals surface area (Å²) in [7, 11) is -1.90. The SMILES string of the molecule is CN(C1CCCCC1)S(=O)(=O)c1ccc(NC(=O)COc2ccc(C(C)(C)C)cc2C(C)(C)C)cc1. The molecule has 198 valence electrons. The van der Waals surface area contributed by atoms with E-state index >= 15 is 0 Å². The summed E-state index contributed by atoms with van der Waals surface area (Å²) in [5.74, 6) is 0.391. The summed E-state index contributed by atoms with van der Waals surface area (Å²) in [6.45, 7) is 12.8. The first-order valence-corrected chi connectivity index (χ1v) is 14.3. The third-order valence-corrected chi connectivity index (χ3v) is 8.84. The van der Waals surface area contributed by atoms with E-state index in [0.717, 1.165) is 31.2 Å². The first-order chi connectivity index (χ1) is 16.7. The van der Waals surface area contributed by atoms with Crippen molar-refractivity contribution in [3.8, 4) is 5.75 Å². The van der Waals surface area contributed by atoms with Crippen molar-refractivity contribution < 1.29 is 17.9 Å². The molecule has 0 bridgehead atoms. The van der Waals surface area contributed by atoms with Crippen LogP contribution in [0, 0.1) is 0 Å². The predicted molar refractivity (Wildman–Crippen MR) is 146 cm³/mol. The molecular weight excluding hydrogens is 472 g/mol. The molecule has 1 saturated carbocycles. The van der Waals surface area contributed by atoms with Crippen LogP contribution in [0.4, 0.5) is 5.69 Å². The van der Waals surface area contributed by atoms with E-state index in [4.69, 9.17) is 4.74 Å². The van der Waals surface area contributed by atoms with Crippen LogP contribution in [-0.4, -0.2) is 38.3 Å². The van der Waals surface area contributed by atoms with E-state index in [1.165, 1.54) is 16.3 Å². The molecule has 0 radical (unpaired) electrons. The third kappa shape index (κ3) is 6.88. The molecule has 0 heterocycles. The minimum atomic E-state index is -3.57. The maximum absolute atomic E-state index is 13.0. The number of benzene rings is 2. The molecular formula is C29H42N2O4S. The summed E-state index contributed by atoms with van der Waals surface area (Å²) in [5.41, 5.74) is 2.68. The summed E-state index contributed by atoms with van der Waals surface area (Å²) in [6, 6.07) is 12.5. The molecule has 0 aliphatic heterocycles. The van der Waals surface area contributed by atoms with Crippen molar-refractivity contribution in [3.05, 3.63) is 53.6 Å². The van der Waals surface area contributed by atoms with Gasteiger partial charge in [-0.15, -0.1) is 0 Å². The number of amides is 1. The Bertz CT molecular complexity index is 1150. The maximum Gasteiger partial charge on any atom is 0.262 e. The zero-order valence-corrected chi connectivity index (χ0v) is 23.7. The third-order valence-electron chi connectivity index (χ3n) is 6.92. The molecule has 0 aromatic heterocycles. The fourth-order valence-corrected chi connectivity index (χ4v) is 5.98. The van der Waals surface area contributed by atoms with Crippen LogP contribution in [0.2, 0.25) is 0 Å². The number of sulfonamides is 1. The zero-order valence-electron chi connectivity index (χ0n) is 22.8. The molecule has 36 heavy (non-hydrogen) atoms. The number of carbonyl (C=O) groups excluding carboxylic acids is 1. The normalized spacial score (nSPS) is 15.7. The number of ether oxygens (including phenoxy) is 1. The standard InChI is InChI=1S/C29H42N2O4S/c1-28(2,3)21-13-18-26(25(19-21)29(4,5)6)35-20-27(32)30-22-14-16-24(17-15-22)36(33,34)31(7)23-11-9-8-10-12-23/h13-19,23H,8-12,20H2,1-7H3,(H,30,32). The monoisotopic (exact) mass is 514 g/mol. The fraction of sp³-hybridized carbons (Fsp3) is 0.552. The number of nitrogens with one attached hydrogen (secondary N) is 1. The summed E-state index contributed by atoms with van der Waals surface area (Å²) in [5, 5.41) is 2.80. The van der Waals surface area contributed by atoms with Crippen LogP contribution in [0.25, 0.3) is 0 Å².